The van der Waals surface area contributed by atoms with Gasteiger partial charge >= 0.3 is 5.97 Å². The minimum Gasteiger partial charge on any atom is -0.465 e. The number of hydrogen-bond donors (Lipinski definition) is 1. The van der Waals surface area contributed by atoms with Gasteiger partial charge in [-0.1, -0.05) is 0 Å². The zero-order valence-electron chi connectivity index (χ0n) is 11.9. The zero-order valence-corrected chi connectivity index (χ0v) is 11.9. The Hall–Kier alpha value is -2.55. The Labute approximate surface area is 126 Å². The fourth-order valence-electron chi connectivity index (χ4n) is 1.78. The molecule has 0 amide bonds. The minimum atomic E-state index is -0.699. The Morgan fingerprint density at radius 1 is 1.09 bits per heavy atom. The molecule has 22 heavy (non-hydrogen) atoms. The van der Waals surface area contributed by atoms with Crippen molar-refractivity contribution in [2.45, 2.75) is 25.7 Å². The highest BCUT2D eigenvalue weighted by molar-refractivity contribution is 5.69. The first-order valence-corrected chi connectivity index (χ1v) is 6.72. The number of esters is 1. The standard InChI is InChI=1S/C13H17N3O6/c14-5-2-1-3-13(17)22-6-4-10-7-11(15(18)19)9-12(8-10)16(20)21/h7-9H,1-6,14H2. The van der Waals surface area contributed by atoms with Gasteiger partial charge in [0.2, 0.25) is 0 Å². The van der Waals surface area contributed by atoms with Crippen LogP contribution in [0, 0.1) is 20.2 Å². The molecule has 0 aliphatic rings. The van der Waals surface area contributed by atoms with Gasteiger partial charge in [-0.2, -0.15) is 0 Å². The number of ether oxygens (including phenoxy) is 1. The van der Waals surface area contributed by atoms with Crippen molar-refractivity contribution in [2.24, 2.45) is 5.73 Å². The number of nitrogens with zero attached hydrogens (tertiary/aromatic N) is 2. The van der Waals surface area contributed by atoms with Gasteiger partial charge < -0.3 is 10.5 Å². The van der Waals surface area contributed by atoms with Crippen molar-refractivity contribution in [3.63, 3.8) is 0 Å². The molecule has 1 rings (SSSR count). The predicted octanol–water partition coefficient (Wildman–Crippen LogP) is 1.72. The lowest BCUT2D eigenvalue weighted by atomic mass is 10.1. The number of non-ortho nitro benzene ring substituents is 2. The molecule has 1 aromatic carbocycles. The van der Waals surface area contributed by atoms with Gasteiger partial charge in [0.05, 0.1) is 22.5 Å². The fourth-order valence-corrected chi connectivity index (χ4v) is 1.78. The van der Waals surface area contributed by atoms with E-state index in [1.54, 1.807) is 0 Å². The van der Waals surface area contributed by atoms with Gasteiger partial charge in [-0.25, -0.2) is 0 Å². The summed E-state index contributed by atoms with van der Waals surface area (Å²) in [5.41, 5.74) is 4.95. The van der Waals surface area contributed by atoms with Crippen LogP contribution < -0.4 is 5.73 Å². The molecule has 0 bridgehead atoms. The Morgan fingerprint density at radius 2 is 1.68 bits per heavy atom. The molecule has 0 saturated carbocycles. The summed E-state index contributed by atoms with van der Waals surface area (Å²) in [6.45, 7) is 0.518. The van der Waals surface area contributed by atoms with Crippen molar-refractivity contribution in [3.8, 4) is 0 Å². The highest BCUT2D eigenvalue weighted by atomic mass is 16.6. The second kappa shape index (κ2) is 8.67. The Morgan fingerprint density at radius 3 is 2.18 bits per heavy atom. The molecule has 9 nitrogen and oxygen atoms in total. The molecule has 0 aromatic heterocycles. The van der Waals surface area contributed by atoms with Gasteiger partial charge in [0.15, 0.2) is 0 Å². The Balaban J connectivity index is 2.60. The lowest BCUT2D eigenvalue weighted by Crippen LogP contribution is -2.09. The van der Waals surface area contributed by atoms with Gasteiger partial charge in [0.1, 0.15) is 0 Å². The maximum absolute atomic E-state index is 11.4. The third kappa shape index (κ3) is 5.83. The van der Waals surface area contributed by atoms with E-state index in [9.17, 15) is 25.0 Å². The van der Waals surface area contributed by atoms with Gasteiger partial charge in [-0.15, -0.1) is 0 Å². The summed E-state index contributed by atoms with van der Waals surface area (Å²) >= 11 is 0. The van der Waals surface area contributed by atoms with Crippen LogP contribution in [-0.2, 0) is 16.0 Å². The zero-order chi connectivity index (χ0) is 16.5. The second-order valence-corrected chi connectivity index (χ2v) is 4.59. The van der Waals surface area contributed by atoms with Crippen molar-refractivity contribution in [1.29, 1.82) is 0 Å². The van der Waals surface area contributed by atoms with E-state index in [-0.39, 0.29) is 36.8 Å². The van der Waals surface area contributed by atoms with Crippen LogP contribution >= 0.6 is 0 Å². The highest BCUT2D eigenvalue weighted by Gasteiger charge is 2.16. The number of rotatable bonds is 9. The summed E-state index contributed by atoms with van der Waals surface area (Å²) < 4.78 is 4.97. The first-order chi connectivity index (χ1) is 10.4. The van der Waals surface area contributed by atoms with E-state index in [4.69, 9.17) is 10.5 Å². The summed E-state index contributed by atoms with van der Waals surface area (Å²) in [6, 6.07) is 3.35. The maximum atomic E-state index is 11.4. The Bertz CT molecular complexity index is 528. The quantitative estimate of drug-likeness (QED) is 0.317. The van der Waals surface area contributed by atoms with E-state index < -0.39 is 9.85 Å². The molecule has 0 saturated heterocycles. The van der Waals surface area contributed by atoms with E-state index in [0.717, 1.165) is 12.5 Å². The molecular formula is C13H17N3O6. The van der Waals surface area contributed by atoms with Crippen LogP contribution in [0.15, 0.2) is 18.2 Å². The molecule has 0 unspecified atom stereocenters. The highest BCUT2D eigenvalue weighted by Crippen LogP contribution is 2.23. The summed E-state index contributed by atoms with van der Waals surface area (Å²) in [5.74, 6) is -0.381. The fraction of sp³-hybridized carbons (Fsp3) is 0.462. The smallest absolute Gasteiger partial charge is 0.305 e. The van der Waals surface area contributed by atoms with Crippen molar-refractivity contribution in [1.82, 2.24) is 0 Å². The van der Waals surface area contributed by atoms with Crippen LogP contribution in [0.2, 0.25) is 0 Å². The van der Waals surface area contributed by atoms with E-state index in [1.807, 2.05) is 0 Å². The first-order valence-electron chi connectivity index (χ1n) is 6.72. The third-order valence-corrected chi connectivity index (χ3v) is 2.87. The van der Waals surface area contributed by atoms with Gasteiger partial charge in [0, 0.05) is 25.0 Å². The number of nitrogens with two attached hydrogens (primary N) is 1. The summed E-state index contributed by atoms with van der Waals surface area (Å²) in [7, 11) is 0. The van der Waals surface area contributed by atoms with E-state index in [1.165, 1.54) is 12.1 Å². The van der Waals surface area contributed by atoms with Crippen LogP contribution in [0.25, 0.3) is 0 Å². The van der Waals surface area contributed by atoms with E-state index in [2.05, 4.69) is 0 Å². The number of unbranched alkanes of at least 4 members (excludes halogenated alkanes) is 1. The molecular weight excluding hydrogens is 294 g/mol. The second-order valence-electron chi connectivity index (χ2n) is 4.59. The number of carbonyl (C=O) groups is 1. The molecule has 1 aromatic rings. The molecule has 0 radical (unpaired) electrons. The van der Waals surface area contributed by atoms with E-state index >= 15 is 0 Å². The normalized spacial score (nSPS) is 10.2. The summed E-state index contributed by atoms with van der Waals surface area (Å²) in [5, 5.41) is 21.5. The summed E-state index contributed by atoms with van der Waals surface area (Å²) in [6.07, 6.45) is 1.79. The monoisotopic (exact) mass is 311 g/mol. The summed E-state index contributed by atoms with van der Waals surface area (Å²) in [4.78, 5) is 31.5. The number of hydrogen-bond acceptors (Lipinski definition) is 7. The topological polar surface area (TPSA) is 139 Å². The average molecular weight is 311 g/mol. The molecule has 0 aliphatic carbocycles. The number of nitro groups is 2. The lowest BCUT2D eigenvalue weighted by Gasteiger charge is -2.05. The number of benzene rings is 1. The van der Waals surface area contributed by atoms with Crippen molar-refractivity contribution >= 4 is 17.3 Å². The van der Waals surface area contributed by atoms with Gasteiger partial charge in [-0.3, -0.25) is 25.0 Å². The van der Waals surface area contributed by atoms with Crippen molar-refractivity contribution in [2.75, 3.05) is 13.2 Å². The SMILES string of the molecule is NCCCCC(=O)OCCc1cc([N+](=O)[O-])cc([N+](=O)[O-])c1. The van der Waals surface area contributed by atoms with Gasteiger partial charge in [0.25, 0.3) is 11.4 Å². The third-order valence-electron chi connectivity index (χ3n) is 2.87. The molecule has 120 valence electrons. The molecule has 2 N–H and O–H groups in total. The van der Waals surface area contributed by atoms with Crippen LogP contribution in [0.3, 0.4) is 0 Å². The molecule has 0 atom stereocenters. The first kappa shape index (κ1) is 17.5. The molecule has 0 fully saturated rings. The Kier molecular flexibility index (Phi) is 6.90. The minimum absolute atomic E-state index is 0.0137. The van der Waals surface area contributed by atoms with Crippen molar-refractivity contribution in [3.05, 3.63) is 44.0 Å². The average Bonchev–Trinajstić information content (AvgIpc) is 2.47. The van der Waals surface area contributed by atoms with Crippen LogP contribution in [0.5, 0.6) is 0 Å². The number of carbonyl (C=O) groups excluding carboxylic acids is 1. The van der Waals surface area contributed by atoms with Crippen LogP contribution in [0.1, 0.15) is 24.8 Å². The largest absolute Gasteiger partial charge is 0.465 e. The predicted molar refractivity (Wildman–Crippen MR) is 77.3 cm³/mol. The van der Waals surface area contributed by atoms with Crippen molar-refractivity contribution < 1.29 is 19.4 Å². The van der Waals surface area contributed by atoms with Crippen LogP contribution in [-0.4, -0.2) is 29.0 Å². The van der Waals surface area contributed by atoms with Crippen LogP contribution in [0.4, 0.5) is 11.4 Å². The maximum Gasteiger partial charge on any atom is 0.305 e. The van der Waals surface area contributed by atoms with E-state index in [0.29, 0.717) is 18.5 Å². The molecule has 0 heterocycles. The lowest BCUT2D eigenvalue weighted by molar-refractivity contribution is -0.394. The molecule has 0 spiro atoms. The molecule has 0 aliphatic heterocycles. The van der Waals surface area contributed by atoms with Gasteiger partial charge in [-0.05, 0) is 24.9 Å². The number of nitro benzene ring substituents is 2. The molecule has 9 heteroatoms.